The molecule has 3 rings (SSSR count). The van der Waals surface area contributed by atoms with Gasteiger partial charge in [0.1, 0.15) is 5.01 Å². The molecular weight excluding hydrogens is 473 g/mol. The number of ether oxygens (including phenoxy) is 1. The summed E-state index contributed by atoms with van der Waals surface area (Å²) in [7, 11) is 1.85. The third-order valence-electron chi connectivity index (χ3n) is 5.51. The van der Waals surface area contributed by atoms with Crippen LogP contribution in [0.2, 0.25) is 0 Å². The lowest BCUT2D eigenvalue weighted by molar-refractivity contribution is 0.00820. The molecule has 2 fully saturated rings. The summed E-state index contributed by atoms with van der Waals surface area (Å²) in [5, 5.41) is 8.12. The monoisotopic (exact) mass is 507 g/mol. The van der Waals surface area contributed by atoms with Gasteiger partial charge in [0.05, 0.1) is 19.8 Å². The van der Waals surface area contributed by atoms with Crippen molar-refractivity contribution in [3.05, 3.63) is 16.1 Å². The van der Waals surface area contributed by atoms with Gasteiger partial charge in [-0.2, -0.15) is 0 Å². The lowest BCUT2D eigenvalue weighted by Gasteiger charge is -2.42. The molecule has 8 heteroatoms. The van der Waals surface area contributed by atoms with Gasteiger partial charge in [0.15, 0.2) is 5.96 Å². The maximum absolute atomic E-state index is 5.52. The number of rotatable bonds is 6. The molecule has 1 aliphatic heterocycles. The molecule has 0 spiro atoms. The Balaban J connectivity index is 0.00000261. The number of hydrogen-bond acceptors (Lipinski definition) is 5. The zero-order chi connectivity index (χ0) is 18.2. The van der Waals surface area contributed by atoms with Gasteiger partial charge >= 0.3 is 0 Å². The number of hydrogen-bond donors (Lipinski definition) is 2. The third kappa shape index (κ3) is 7.14. The van der Waals surface area contributed by atoms with Crippen molar-refractivity contribution in [3.63, 3.8) is 0 Å². The number of aliphatic imine (C=N–C) groups is 1. The minimum atomic E-state index is 0. The molecule has 0 bridgehead atoms. The van der Waals surface area contributed by atoms with Gasteiger partial charge in [-0.15, -0.1) is 35.3 Å². The molecule has 1 saturated carbocycles. The van der Waals surface area contributed by atoms with Crippen LogP contribution in [0.25, 0.3) is 0 Å². The molecule has 1 aromatic rings. The van der Waals surface area contributed by atoms with E-state index in [1.165, 1.54) is 43.5 Å². The predicted molar refractivity (Wildman–Crippen MR) is 123 cm³/mol. The maximum atomic E-state index is 5.52. The molecule has 1 aromatic heterocycles. The van der Waals surface area contributed by atoms with Crippen molar-refractivity contribution < 1.29 is 4.74 Å². The molecular formula is C19H34IN5OS. The van der Waals surface area contributed by atoms with Crippen molar-refractivity contribution >= 4 is 41.3 Å². The number of thiazole rings is 1. The second-order valence-electron chi connectivity index (χ2n) is 7.59. The van der Waals surface area contributed by atoms with E-state index in [1.54, 1.807) is 11.3 Å². The Morgan fingerprint density at radius 2 is 2.00 bits per heavy atom. The Kier molecular flexibility index (Phi) is 9.75. The minimum absolute atomic E-state index is 0. The van der Waals surface area contributed by atoms with Crippen LogP contribution in [0.3, 0.4) is 0 Å². The third-order valence-corrected chi connectivity index (χ3v) is 6.42. The Morgan fingerprint density at radius 3 is 2.63 bits per heavy atom. The minimum Gasteiger partial charge on any atom is -0.379 e. The van der Waals surface area contributed by atoms with E-state index < -0.39 is 0 Å². The number of guanidine groups is 1. The summed E-state index contributed by atoms with van der Waals surface area (Å²) >= 11 is 1.73. The summed E-state index contributed by atoms with van der Waals surface area (Å²) in [4.78, 5) is 12.7. The fourth-order valence-electron chi connectivity index (χ4n) is 4.06. The van der Waals surface area contributed by atoms with E-state index in [2.05, 4.69) is 32.4 Å². The van der Waals surface area contributed by atoms with Crippen LogP contribution in [-0.4, -0.2) is 62.3 Å². The summed E-state index contributed by atoms with van der Waals surface area (Å²) in [5.41, 5.74) is 0.352. The average molecular weight is 507 g/mol. The van der Waals surface area contributed by atoms with Crippen LogP contribution >= 0.6 is 35.3 Å². The van der Waals surface area contributed by atoms with Crippen LogP contribution in [0.15, 0.2) is 11.2 Å². The van der Waals surface area contributed by atoms with E-state index in [0.29, 0.717) is 5.41 Å². The summed E-state index contributed by atoms with van der Waals surface area (Å²) in [6.07, 6.45) is 8.60. The smallest absolute Gasteiger partial charge is 0.191 e. The number of nitrogens with zero attached hydrogens (tertiary/aromatic N) is 3. The van der Waals surface area contributed by atoms with Crippen molar-refractivity contribution in [1.29, 1.82) is 0 Å². The van der Waals surface area contributed by atoms with Crippen LogP contribution in [-0.2, 0) is 11.3 Å². The first-order valence-electron chi connectivity index (χ1n) is 9.85. The number of nitrogens with one attached hydrogen (secondary N) is 2. The first kappa shape index (κ1) is 22.8. The van der Waals surface area contributed by atoms with Crippen LogP contribution in [0.4, 0.5) is 0 Å². The highest BCUT2D eigenvalue weighted by atomic mass is 127. The van der Waals surface area contributed by atoms with Crippen molar-refractivity contribution in [3.8, 4) is 0 Å². The number of halogens is 1. The zero-order valence-corrected chi connectivity index (χ0v) is 19.8. The summed E-state index contributed by atoms with van der Waals surface area (Å²) in [6, 6.07) is 0. The van der Waals surface area contributed by atoms with Gasteiger partial charge in [-0.3, -0.25) is 9.89 Å². The van der Waals surface area contributed by atoms with Crippen LogP contribution in [0, 0.1) is 12.3 Å². The van der Waals surface area contributed by atoms with Gasteiger partial charge in [-0.1, -0.05) is 19.3 Å². The molecule has 154 valence electrons. The van der Waals surface area contributed by atoms with E-state index in [9.17, 15) is 0 Å². The van der Waals surface area contributed by atoms with E-state index in [1.807, 2.05) is 13.2 Å². The van der Waals surface area contributed by atoms with Crippen LogP contribution in [0.5, 0.6) is 0 Å². The van der Waals surface area contributed by atoms with E-state index in [4.69, 9.17) is 4.74 Å². The van der Waals surface area contributed by atoms with Crippen molar-refractivity contribution in [2.24, 2.45) is 10.4 Å². The summed E-state index contributed by atoms with van der Waals surface area (Å²) < 4.78 is 5.52. The second-order valence-corrected chi connectivity index (χ2v) is 8.91. The Labute approximate surface area is 184 Å². The van der Waals surface area contributed by atoms with E-state index >= 15 is 0 Å². The molecule has 1 aliphatic carbocycles. The molecule has 0 aromatic carbocycles. The van der Waals surface area contributed by atoms with Crippen molar-refractivity contribution in [2.45, 2.75) is 45.6 Å². The number of aromatic nitrogens is 1. The fourth-order valence-corrected chi connectivity index (χ4v) is 4.79. The Morgan fingerprint density at radius 1 is 1.26 bits per heavy atom. The largest absolute Gasteiger partial charge is 0.379 e. The normalized spacial score (nSPS) is 20.7. The SMILES string of the molecule is CN=C(NCc1ncc(C)s1)NCC1(CN2CCOCC2)CCCCC1.I. The van der Waals surface area contributed by atoms with Gasteiger partial charge in [-0.25, -0.2) is 4.98 Å². The molecule has 0 amide bonds. The molecule has 2 heterocycles. The maximum Gasteiger partial charge on any atom is 0.191 e. The van der Waals surface area contributed by atoms with Crippen LogP contribution in [0.1, 0.15) is 42.0 Å². The lowest BCUT2D eigenvalue weighted by Crippen LogP contribution is -2.51. The molecule has 0 atom stereocenters. The molecule has 27 heavy (non-hydrogen) atoms. The van der Waals surface area contributed by atoms with Crippen molar-refractivity contribution in [1.82, 2.24) is 20.5 Å². The van der Waals surface area contributed by atoms with Gasteiger partial charge in [0.2, 0.25) is 0 Å². The molecule has 0 radical (unpaired) electrons. The molecule has 2 N–H and O–H groups in total. The predicted octanol–water partition coefficient (Wildman–Crippen LogP) is 3.02. The summed E-state index contributed by atoms with van der Waals surface area (Å²) in [6.45, 7) is 8.87. The van der Waals surface area contributed by atoms with Crippen LogP contribution < -0.4 is 10.6 Å². The first-order chi connectivity index (χ1) is 12.7. The van der Waals surface area contributed by atoms with Crippen molar-refractivity contribution in [2.75, 3.05) is 46.4 Å². The lowest BCUT2D eigenvalue weighted by atomic mass is 9.73. The fraction of sp³-hybridized carbons (Fsp3) is 0.789. The van der Waals surface area contributed by atoms with Gasteiger partial charge < -0.3 is 15.4 Å². The van der Waals surface area contributed by atoms with Gasteiger partial charge in [0, 0.05) is 49.7 Å². The molecule has 0 unspecified atom stereocenters. The Hall–Kier alpha value is -0.450. The first-order valence-corrected chi connectivity index (χ1v) is 10.7. The average Bonchev–Trinajstić information content (AvgIpc) is 3.09. The second kappa shape index (κ2) is 11.5. The molecule has 2 aliphatic rings. The highest BCUT2D eigenvalue weighted by Gasteiger charge is 2.34. The molecule has 1 saturated heterocycles. The zero-order valence-electron chi connectivity index (χ0n) is 16.6. The van der Waals surface area contributed by atoms with E-state index in [-0.39, 0.29) is 24.0 Å². The molecule has 6 nitrogen and oxygen atoms in total. The van der Waals surface area contributed by atoms with Gasteiger partial charge in [-0.05, 0) is 19.8 Å². The summed E-state index contributed by atoms with van der Waals surface area (Å²) in [5.74, 6) is 0.879. The number of aryl methyl sites for hydroxylation is 1. The topological polar surface area (TPSA) is 61.8 Å². The number of morpholine rings is 1. The highest BCUT2D eigenvalue weighted by Crippen LogP contribution is 2.36. The quantitative estimate of drug-likeness (QED) is 0.352. The van der Waals surface area contributed by atoms with E-state index in [0.717, 1.165) is 50.4 Å². The standard InChI is InChI=1S/C19H33N5OS.HI/c1-16-12-21-17(26-16)13-22-18(20-2)23-14-19(6-4-3-5-7-19)15-24-8-10-25-11-9-24;/h12H,3-11,13-15H2,1-2H3,(H2,20,22,23);1H. The van der Waals surface area contributed by atoms with Gasteiger partial charge in [0.25, 0.3) is 0 Å². The highest BCUT2D eigenvalue weighted by molar-refractivity contribution is 14.0. The Bertz CT molecular complexity index is 582.